The highest BCUT2D eigenvalue weighted by Crippen LogP contribution is 2.45. The first kappa shape index (κ1) is 116. The number of carbonyl (C=O) groups excluding carboxylic acids is 3. The van der Waals surface area contributed by atoms with E-state index in [4.69, 9.17) is 32.3 Å². The summed E-state index contributed by atoms with van der Waals surface area (Å²) in [6.07, 6.45) is 124. The van der Waals surface area contributed by atoms with E-state index in [1.54, 1.807) is 0 Å². The molecule has 18 heteroatoms. The summed E-state index contributed by atoms with van der Waals surface area (Å²) < 4.78 is 61.5. The molecule has 0 spiro atoms. The molecule has 692 valence electrons. The molecule has 0 saturated heterocycles. The van der Waals surface area contributed by atoms with Crippen molar-refractivity contribution in [2.24, 2.45) is 0 Å². The zero-order chi connectivity index (χ0) is 87.9. The van der Waals surface area contributed by atoms with Crippen LogP contribution in [0.25, 0.3) is 0 Å². The van der Waals surface area contributed by atoms with Gasteiger partial charge in [0, 0.05) is 19.3 Å². The highest BCUT2D eigenvalue weighted by atomic mass is 31.2. The minimum atomic E-state index is -4.95. The molecular formula is C103H174O16P2. The van der Waals surface area contributed by atoms with Gasteiger partial charge >= 0.3 is 33.6 Å². The van der Waals surface area contributed by atoms with E-state index in [1.807, 2.05) is 0 Å². The fraction of sp³-hybridized carbons (Fsp3) is 0.680. The number of carbonyl (C=O) groups is 3. The third-order valence-corrected chi connectivity index (χ3v) is 22.0. The van der Waals surface area contributed by atoms with Crippen LogP contribution in [-0.2, 0) is 55.8 Å². The Balaban J connectivity index is 4.54. The van der Waals surface area contributed by atoms with E-state index < -0.39 is 91.5 Å². The second kappa shape index (κ2) is 93.8. The van der Waals surface area contributed by atoms with Gasteiger partial charge in [-0.3, -0.25) is 32.5 Å². The third-order valence-electron chi connectivity index (χ3n) is 20.1. The summed E-state index contributed by atoms with van der Waals surface area (Å²) in [6.45, 7) is 2.46. The predicted molar refractivity (Wildman–Crippen MR) is 509 cm³/mol. The maximum Gasteiger partial charge on any atom is 0.472 e. The molecule has 0 amide bonds. The van der Waals surface area contributed by atoms with Crippen molar-refractivity contribution in [3.8, 4) is 0 Å². The number of phosphoric ester groups is 2. The number of hydrogen-bond donors (Lipinski definition) is 4. The van der Waals surface area contributed by atoms with Crippen molar-refractivity contribution in [3.63, 3.8) is 0 Å². The lowest BCUT2D eigenvalue weighted by Gasteiger charge is -2.21. The maximum absolute atomic E-state index is 13.1. The van der Waals surface area contributed by atoms with Crippen molar-refractivity contribution in [1.82, 2.24) is 0 Å². The number of unbranched alkanes of at least 4 members (excludes halogenated alkanes) is 37. The maximum atomic E-state index is 13.1. The molecule has 0 aromatic heterocycles. The molecule has 121 heavy (non-hydrogen) atoms. The van der Waals surface area contributed by atoms with Gasteiger partial charge in [0.2, 0.25) is 0 Å². The first-order valence-electron chi connectivity index (χ1n) is 48.1. The summed E-state index contributed by atoms with van der Waals surface area (Å²) in [5.41, 5.74) is 0. The number of allylic oxidation sites excluding steroid dienone is 30. The monoisotopic (exact) mass is 1730 g/mol. The number of ether oxygens (including phenoxy) is 3. The Bertz CT molecular complexity index is 2930. The van der Waals surface area contributed by atoms with Gasteiger partial charge in [-0.05, 0) is 161 Å². The number of aliphatic hydroxyl groups is 2. The zero-order valence-corrected chi connectivity index (χ0v) is 78.2. The Kier molecular flexibility index (Phi) is 89.6. The number of aliphatic hydroxyl groups excluding tert-OH is 2. The SMILES string of the molecule is CC/C=C\C/C=C\C/C=C\C/C=C\C/C=C\C/C=C\CCCCCCCCCCCCCCCCC(=O)OCC(O)COP(=O)(O)OCC(O)COP(=O)(O)OCC(COC(=O)CCCCCCCCCCCCCCCC/C=C\C/C=C\C/C=C\C/C=C\C/C=C\C/C=C\CC)OC(=O)CCCCCCCC/C=C\C/C=C\C/C=C\CCCCC. The van der Waals surface area contributed by atoms with Crippen LogP contribution in [0.5, 0.6) is 0 Å². The second-order valence-corrected chi connectivity index (χ2v) is 34.7. The third kappa shape index (κ3) is 95.2. The van der Waals surface area contributed by atoms with E-state index in [1.165, 1.54) is 141 Å². The molecule has 0 aliphatic carbocycles. The summed E-state index contributed by atoms with van der Waals surface area (Å²) >= 11 is 0. The first-order valence-corrected chi connectivity index (χ1v) is 51.1. The number of hydrogen-bond acceptors (Lipinski definition) is 14. The van der Waals surface area contributed by atoms with Gasteiger partial charge in [-0.25, -0.2) is 9.13 Å². The van der Waals surface area contributed by atoms with Gasteiger partial charge in [0.05, 0.1) is 26.4 Å². The van der Waals surface area contributed by atoms with Gasteiger partial charge < -0.3 is 34.2 Å². The molecule has 0 aliphatic heterocycles. The molecular weight excluding hydrogens is 1560 g/mol. The van der Waals surface area contributed by atoms with Crippen molar-refractivity contribution >= 4 is 33.6 Å². The van der Waals surface area contributed by atoms with E-state index in [2.05, 4.69) is 203 Å². The molecule has 0 radical (unpaired) electrons. The molecule has 0 rings (SSSR count). The molecule has 0 bridgehead atoms. The Morgan fingerprint density at radius 2 is 0.438 bits per heavy atom. The minimum Gasteiger partial charge on any atom is -0.463 e. The standard InChI is InChI=1S/C103H174O16P2/c1-4-7-10-13-16-19-22-25-28-31-34-36-38-40-42-44-46-48-50-52-54-56-58-60-63-65-68-71-74-77-80-83-86-89-101(106)113-92-98(104)93-115-120(109,110)116-94-99(105)95-117-121(111,112)118-97-100(119-103(108)91-88-85-82-79-76-73-70-67-62-33-30-27-24-21-18-15-12-9-6-3)96-114-102(107)90-87-84-81-78-75-72-69-66-64-61-59-57-55-53-51-49-47-45-43-41-39-37-35-32-29-26-23-20-17-14-11-8-5-2/h7-8,10-11,16-21,25-30,34-37,40-43,46-49,62,67,98-100,104-105H,4-6,9,12-15,22-24,31-33,38-39,44-45,50-61,63-66,68-97H2,1-3H3,(H,109,110)(H,111,112)/b10-7-,11-8-,19-16-,20-17-,21-18-,28-25-,29-26-,30-27-,36-34-,37-35-,42-40-,43-41-,48-46-,49-47-,67-62-. The number of esters is 3. The molecule has 0 aromatic carbocycles. The highest BCUT2D eigenvalue weighted by molar-refractivity contribution is 7.47. The van der Waals surface area contributed by atoms with Crippen LogP contribution >= 0.6 is 15.6 Å². The fourth-order valence-corrected chi connectivity index (χ4v) is 14.5. The van der Waals surface area contributed by atoms with Crippen LogP contribution in [-0.4, -0.2) is 95.9 Å². The van der Waals surface area contributed by atoms with Crippen LogP contribution in [0, 0.1) is 0 Å². The van der Waals surface area contributed by atoms with Crippen molar-refractivity contribution in [1.29, 1.82) is 0 Å². The molecule has 0 heterocycles. The topological polar surface area (TPSA) is 231 Å². The Labute approximate surface area is 738 Å². The molecule has 4 N–H and O–H groups in total. The molecule has 0 aromatic rings. The summed E-state index contributed by atoms with van der Waals surface area (Å²) in [5.74, 6) is -1.58. The van der Waals surface area contributed by atoms with Crippen molar-refractivity contribution in [2.75, 3.05) is 39.6 Å². The Morgan fingerprint density at radius 3 is 0.694 bits per heavy atom. The van der Waals surface area contributed by atoms with Gasteiger partial charge in [0.1, 0.15) is 25.4 Å². The van der Waals surface area contributed by atoms with Crippen molar-refractivity contribution < 1.29 is 75.8 Å². The summed E-state index contributed by atoms with van der Waals surface area (Å²) in [6, 6.07) is 0. The van der Waals surface area contributed by atoms with Crippen LogP contribution in [0.2, 0.25) is 0 Å². The molecule has 5 atom stereocenters. The Morgan fingerprint density at radius 1 is 0.240 bits per heavy atom. The first-order chi connectivity index (χ1) is 59.2. The molecule has 0 fully saturated rings. The van der Waals surface area contributed by atoms with Gasteiger partial charge in [-0.2, -0.15) is 0 Å². The van der Waals surface area contributed by atoms with Gasteiger partial charge in [0.15, 0.2) is 6.10 Å². The Hall–Kier alpha value is -5.35. The van der Waals surface area contributed by atoms with Crippen LogP contribution < -0.4 is 0 Å². The largest absolute Gasteiger partial charge is 0.472 e. The summed E-state index contributed by atoms with van der Waals surface area (Å²) in [7, 11) is -9.82. The molecule has 5 unspecified atom stereocenters. The zero-order valence-electron chi connectivity index (χ0n) is 76.4. The lowest BCUT2D eigenvalue weighted by Crippen LogP contribution is -2.30. The predicted octanol–water partition coefficient (Wildman–Crippen LogP) is 30.0. The van der Waals surface area contributed by atoms with E-state index >= 15 is 0 Å². The summed E-state index contributed by atoms with van der Waals surface area (Å²) in [5, 5.41) is 20.8. The van der Waals surface area contributed by atoms with Gasteiger partial charge in [-0.15, -0.1) is 0 Å². The average molecular weight is 1730 g/mol. The molecule has 0 saturated carbocycles. The smallest absolute Gasteiger partial charge is 0.463 e. The average Bonchev–Trinajstić information content (AvgIpc) is 0.895. The molecule has 0 aliphatic rings. The van der Waals surface area contributed by atoms with Crippen molar-refractivity contribution in [2.45, 2.75) is 411 Å². The highest BCUT2D eigenvalue weighted by Gasteiger charge is 2.30. The lowest BCUT2D eigenvalue weighted by atomic mass is 10.0. The quantitative estimate of drug-likeness (QED) is 0.0146. The lowest BCUT2D eigenvalue weighted by molar-refractivity contribution is -0.161. The van der Waals surface area contributed by atoms with Gasteiger partial charge in [0.25, 0.3) is 0 Å². The van der Waals surface area contributed by atoms with Gasteiger partial charge in [-0.1, -0.05) is 396 Å². The fourth-order valence-electron chi connectivity index (χ4n) is 12.9. The van der Waals surface area contributed by atoms with Crippen LogP contribution in [0.4, 0.5) is 0 Å². The molecule has 16 nitrogen and oxygen atoms in total. The number of phosphoric acid groups is 2. The van der Waals surface area contributed by atoms with Crippen LogP contribution in [0.3, 0.4) is 0 Å². The van der Waals surface area contributed by atoms with E-state index in [0.717, 1.165) is 193 Å². The van der Waals surface area contributed by atoms with Crippen molar-refractivity contribution in [3.05, 3.63) is 182 Å². The minimum absolute atomic E-state index is 0.0869. The van der Waals surface area contributed by atoms with E-state index in [0.29, 0.717) is 19.3 Å². The van der Waals surface area contributed by atoms with Crippen LogP contribution in [0.15, 0.2) is 182 Å². The van der Waals surface area contributed by atoms with E-state index in [-0.39, 0.29) is 19.3 Å². The van der Waals surface area contributed by atoms with Crippen LogP contribution in [0.1, 0.15) is 393 Å². The normalized spacial score (nSPS) is 14.5. The second-order valence-electron chi connectivity index (χ2n) is 31.8. The van der Waals surface area contributed by atoms with E-state index in [9.17, 15) is 43.5 Å². The number of rotatable bonds is 90. The summed E-state index contributed by atoms with van der Waals surface area (Å²) in [4.78, 5) is 59.1.